The number of aromatic nitrogens is 1. The molecule has 0 bridgehead atoms. The third kappa shape index (κ3) is 5.50. The molecule has 0 saturated carbocycles. The largest absolute Gasteiger partial charge is 0.489 e. The van der Waals surface area contributed by atoms with Gasteiger partial charge in [-0.1, -0.05) is 6.92 Å². The smallest absolute Gasteiger partial charge is 0.408 e. The number of rotatable bonds is 3. The van der Waals surface area contributed by atoms with Crippen LogP contribution in [0.1, 0.15) is 29.9 Å². The van der Waals surface area contributed by atoms with E-state index in [1.54, 1.807) is 12.2 Å². The van der Waals surface area contributed by atoms with Gasteiger partial charge in [0, 0.05) is 43.5 Å². The molecule has 218 valence electrons. The van der Waals surface area contributed by atoms with Gasteiger partial charge in [0.2, 0.25) is 10.0 Å². The summed E-state index contributed by atoms with van der Waals surface area (Å²) >= 11 is 0. The van der Waals surface area contributed by atoms with Crippen LogP contribution in [-0.4, -0.2) is 73.6 Å². The zero-order valence-corrected chi connectivity index (χ0v) is 22.7. The van der Waals surface area contributed by atoms with Crippen LogP contribution in [0.25, 0.3) is 0 Å². The van der Waals surface area contributed by atoms with Crippen LogP contribution in [0, 0.1) is 18.2 Å². The molecule has 3 atom stereocenters. The molecule has 1 aromatic carbocycles. The number of nitrogens with one attached hydrogen (secondary N) is 3. The number of ether oxygens (including phenoxy) is 1. The van der Waals surface area contributed by atoms with E-state index in [2.05, 4.69) is 10.0 Å². The molecule has 1 saturated heterocycles. The summed E-state index contributed by atoms with van der Waals surface area (Å²) in [5, 5.41) is 4.18. The first-order chi connectivity index (χ1) is 18.4. The molecule has 1 aromatic heterocycles. The van der Waals surface area contributed by atoms with Gasteiger partial charge in [0.05, 0.1) is 6.61 Å². The Kier molecular flexibility index (Phi) is 7.38. The van der Waals surface area contributed by atoms with Crippen LogP contribution < -0.4 is 20.1 Å². The molecule has 1 fully saturated rings. The number of sulfonamides is 1. The molecule has 2 aromatic rings. The van der Waals surface area contributed by atoms with Crippen molar-refractivity contribution in [1.82, 2.24) is 19.5 Å². The number of nitrogens with zero attached hydrogens (tertiary/aromatic N) is 2. The first-order valence-electron chi connectivity index (χ1n) is 12.0. The molecule has 0 aliphatic carbocycles. The molecule has 0 spiro atoms. The van der Waals surface area contributed by atoms with Gasteiger partial charge in [0.25, 0.3) is 5.91 Å². The Hall–Kier alpha value is -3.66. The normalized spacial score (nSPS) is 22.7. The maximum atomic E-state index is 13.6. The Balaban J connectivity index is 1.58. The third-order valence-corrected chi connectivity index (χ3v) is 8.45. The van der Waals surface area contributed by atoms with E-state index in [1.165, 1.54) is 42.9 Å². The second-order valence-electron chi connectivity index (χ2n) is 10.2. The molecular formula is C24H27F4N5O6S. The average Bonchev–Trinajstić information content (AvgIpc) is 3.35. The highest BCUT2D eigenvalue weighted by Crippen LogP contribution is 2.39. The molecule has 4 rings (SSSR count). The molecule has 3 N–H and O–H groups in total. The van der Waals surface area contributed by atoms with E-state index in [0.717, 1.165) is 4.90 Å². The molecular weight excluding hydrogens is 562 g/mol. The van der Waals surface area contributed by atoms with Crippen LogP contribution in [0.5, 0.6) is 5.75 Å². The van der Waals surface area contributed by atoms with Crippen molar-refractivity contribution in [1.29, 1.82) is 0 Å². The van der Waals surface area contributed by atoms with Crippen molar-refractivity contribution >= 4 is 33.4 Å². The number of likely N-dealkylation sites (tertiary alicyclic amines) is 1. The van der Waals surface area contributed by atoms with Crippen molar-refractivity contribution in [2.75, 3.05) is 25.0 Å². The number of hydrogen-bond donors (Lipinski definition) is 3. The van der Waals surface area contributed by atoms with E-state index < -0.39 is 57.2 Å². The van der Waals surface area contributed by atoms with Crippen LogP contribution in [0.3, 0.4) is 0 Å². The summed E-state index contributed by atoms with van der Waals surface area (Å²) in [7, 11) is -2.89. The Bertz CT molecular complexity index is 1490. The van der Waals surface area contributed by atoms with Gasteiger partial charge in [0.1, 0.15) is 16.8 Å². The molecule has 40 heavy (non-hydrogen) atoms. The maximum absolute atomic E-state index is 13.6. The van der Waals surface area contributed by atoms with Gasteiger partial charge in [-0.05, 0) is 37.6 Å². The summed E-state index contributed by atoms with van der Waals surface area (Å²) in [4.78, 5) is 38.6. The number of alkyl halides is 3. The average molecular weight is 590 g/mol. The van der Waals surface area contributed by atoms with Gasteiger partial charge in [-0.15, -0.1) is 0 Å². The Morgan fingerprint density at radius 1 is 1.25 bits per heavy atom. The number of halogens is 4. The predicted molar refractivity (Wildman–Crippen MR) is 132 cm³/mol. The lowest BCUT2D eigenvalue weighted by Crippen LogP contribution is -2.50. The topological polar surface area (TPSA) is 139 Å². The standard InChI is InChI=1S/C24H27F4N5O6S/c1-12-7-14(5-6-15(12)25)30-20(34)18-19-16(8-32(18)4)40(37,38)31-17-9-33(10-23(17,3)11-39-19)22(36)21(35)29-13(2)24(26,27)28/h5-8,13,17,31H,9-11H2,1-4H3,(H,29,35)(H,30,34)/t13-,17-,23-/m1/s1. The van der Waals surface area contributed by atoms with Crippen LogP contribution in [-0.2, 0) is 26.7 Å². The zero-order valence-electron chi connectivity index (χ0n) is 21.8. The number of aryl methyl sites for hydroxylation is 2. The Morgan fingerprint density at radius 2 is 1.93 bits per heavy atom. The fourth-order valence-corrected chi connectivity index (χ4v) is 6.14. The van der Waals surface area contributed by atoms with Gasteiger partial charge in [-0.2, -0.15) is 13.2 Å². The predicted octanol–water partition coefficient (Wildman–Crippen LogP) is 1.68. The van der Waals surface area contributed by atoms with Crippen molar-refractivity contribution in [3.63, 3.8) is 0 Å². The van der Waals surface area contributed by atoms with Crippen LogP contribution in [0.4, 0.5) is 23.2 Å². The van der Waals surface area contributed by atoms with E-state index in [1.807, 2.05) is 0 Å². The van der Waals surface area contributed by atoms with E-state index in [0.29, 0.717) is 6.92 Å². The number of benzene rings is 1. The fraction of sp³-hybridized carbons (Fsp3) is 0.458. The molecule has 3 heterocycles. The van der Waals surface area contributed by atoms with Gasteiger partial charge in [-0.3, -0.25) is 14.4 Å². The lowest BCUT2D eigenvalue weighted by molar-refractivity contribution is -0.162. The van der Waals surface area contributed by atoms with Gasteiger partial charge in [0.15, 0.2) is 11.4 Å². The lowest BCUT2D eigenvalue weighted by Gasteiger charge is -2.32. The zero-order chi connectivity index (χ0) is 29.8. The first-order valence-corrected chi connectivity index (χ1v) is 13.5. The van der Waals surface area contributed by atoms with E-state index >= 15 is 0 Å². The molecule has 2 aliphatic rings. The second-order valence-corrected chi connectivity index (χ2v) is 11.9. The monoisotopic (exact) mass is 589 g/mol. The highest BCUT2D eigenvalue weighted by Gasteiger charge is 2.51. The maximum Gasteiger partial charge on any atom is 0.408 e. The summed E-state index contributed by atoms with van der Waals surface area (Å²) in [6, 6.07) is 0.690. The SMILES string of the molecule is Cc1cc(NC(=O)c2c3c(cn2C)S(=O)(=O)N[C@@H]2CN(C(=O)C(=O)N[C@H](C)C(F)(F)F)C[C@]2(C)CO3)ccc1F. The van der Waals surface area contributed by atoms with Crippen molar-refractivity contribution in [3.05, 3.63) is 41.5 Å². The molecule has 0 unspecified atom stereocenters. The highest BCUT2D eigenvalue weighted by atomic mass is 32.2. The van der Waals surface area contributed by atoms with Crippen molar-refractivity contribution in [2.24, 2.45) is 12.5 Å². The van der Waals surface area contributed by atoms with Crippen LogP contribution in [0.15, 0.2) is 29.3 Å². The van der Waals surface area contributed by atoms with Crippen molar-refractivity contribution in [3.8, 4) is 5.75 Å². The molecule has 2 aliphatic heterocycles. The number of carbonyl (C=O) groups excluding carboxylic acids is 3. The molecule has 16 heteroatoms. The van der Waals surface area contributed by atoms with Crippen molar-refractivity contribution < 1.29 is 45.1 Å². The number of fused-ring (bicyclic) bond motifs is 2. The van der Waals surface area contributed by atoms with Gasteiger partial charge >= 0.3 is 18.0 Å². The van der Waals surface area contributed by atoms with E-state index in [4.69, 9.17) is 4.74 Å². The van der Waals surface area contributed by atoms with Gasteiger partial charge in [-0.25, -0.2) is 17.5 Å². The summed E-state index contributed by atoms with van der Waals surface area (Å²) in [5.41, 5.74) is -0.714. The minimum absolute atomic E-state index is 0.143. The Labute approximate surface area is 226 Å². The summed E-state index contributed by atoms with van der Waals surface area (Å²) in [6.07, 6.45) is -3.58. The molecule has 0 radical (unpaired) electrons. The third-order valence-electron chi connectivity index (χ3n) is 6.98. The first kappa shape index (κ1) is 29.3. The van der Waals surface area contributed by atoms with E-state index in [-0.39, 0.29) is 47.3 Å². The number of amides is 3. The second kappa shape index (κ2) is 10.1. The quantitative estimate of drug-likeness (QED) is 0.368. The summed E-state index contributed by atoms with van der Waals surface area (Å²) in [5.74, 6) is -4.19. The van der Waals surface area contributed by atoms with Crippen molar-refractivity contribution in [2.45, 2.75) is 43.9 Å². The van der Waals surface area contributed by atoms with Crippen LogP contribution >= 0.6 is 0 Å². The number of carbonyl (C=O) groups is 3. The summed E-state index contributed by atoms with van der Waals surface area (Å²) < 4.78 is 88.4. The molecule has 3 amide bonds. The summed E-state index contributed by atoms with van der Waals surface area (Å²) in [6.45, 7) is 3.05. The van der Waals surface area contributed by atoms with E-state index in [9.17, 15) is 40.4 Å². The number of anilines is 1. The fourth-order valence-electron chi connectivity index (χ4n) is 4.59. The minimum Gasteiger partial charge on any atom is -0.489 e. The Morgan fingerprint density at radius 3 is 2.55 bits per heavy atom. The van der Waals surface area contributed by atoms with Gasteiger partial charge < -0.3 is 24.8 Å². The number of hydrogen-bond acceptors (Lipinski definition) is 6. The highest BCUT2D eigenvalue weighted by molar-refractivity contribution is 7.89. The lowest BCUT2D eigenvalue weighted by atomic mass is 9.87. The van der Waals surface area contributed by atoms with Crippen LogP contribution in [0.2, 0.25) is 0 Å². The minimum atomic E-state index is -4.76. The molecule has 11 nitrogen and oxygen atoms in total.